The Kier molecular flexibility index (Phi) is 2.61. The number of hydrogen-bond donors (Lipinski definition) is 0. The van der Waals surface area contributed by atoms with Crippen LogP contribution in [0.4, 0.5) is 0 Å². The van der Waals surface area contributed by atoms with Gasteiger partial charge in [0.2, 0.25) is 0 Å². The molecule has 2 aromatic rings. The van der Waals surface area contributed by atoms with Gasteiger partial charge in [-0.1, -0.05) is 12.1 Å². The van der Waals surface area contributed by atoms with Crippen LogP contribution in [-0.2, 0) is 0 Å². The zero-order chi connectivity index (χ0) is 11.5. The maximum absolute atomic E-state index is 8.87. The fourth-order valence-electron chi connectivity index (χ4n) is 1.57. The summed E-state index contributed by atoms with van der Waals surface area (Å²) >= 11 is 0. The second kappa shape index (κ2) is 4.07. The second-order valence-corrected chi connectivity index (χ2v) is 3.34. The SMILES string of the molecule is COc1ccccc1-n1ncc(C#N)c1C. The molecule has 0 aliphatic rings. The third kappa shape index (κ3) is 1.52. The van der Waals surface area contributed by atoms with Crippen LogP contribution in [0.25, 0.3) is 5.69 Å². The zero-order valence-corrected chi connectivity index (χ0v) is 9.14. The lowest BCUT2D eigenvalue weighted by Gasteiger charge is -2.09. The van der Waals surface area contributed by atoms with Crippen LogP contribution in [0.5, 0.6) is 5.75 Å². The maximum Gasteiger partial charge on any atom is 0.144 e. The van der Waals surface area contributed by atoms with Crippen LogP contribution in [0, 0.1) is 18.3 Å². The van der Waals surface area contributed by atoms with E-state index in [4.69, 9.17) is 10.00 Å². The van der Waals surface area contributed by atoms with Gasteiger partial charge in [-0.3, -0.25) is 0 Å². The second-order valence-electron chi connectivity index (χ2n) is 3.34. The molecule has 0 aliphatic heterocycles. The summed E-state index contributed by atoms with van der Waals surface area (Å²) in [6.45, 7) is 1.86. The minimum Gasteiger partial charge on any atom is -0.494 e. The van der Waals surface area contributed by atoms with Crippen molar-refractivity contribution in [1.82, 2.24) is 9.78 Å². The summed E-state index contributed by atoms with van der Waals surface area (Å²) < 4.78 is 6.96. The highest BCUT2D eigenvalue weighted by Crippen LogP contribution is 2.23. The van der Waals surface area contributed by atoms with Crippen molar-refractivity contribution >= 4 is 0 Å². The van der Waals surface area contributed by atoms with Crippen molar-refractivity contribution in [2.45, 2.75) is 6.92 Å². The Labute approximate surface area is 93.7 Å². The van der Waals surface area contributed by atoms with E-state index in [1.165, 1.54) is 0 Å². The topological polar surface area (TPSA) is 50.8 Å². The lowest BCUT2D eigenvalue weighted by atomic mass is 10.2. The van der Waals surface area contributed by atoms with Gasteiger partial charge >= 0.3 is 0 Å². The first-order chi connectivity index (χ1) is 7.77. The Morgan fingerprint density at radius 1 is 1.38 bits per heavy atom. The average molecular weight is 213 g/mol. The van der Waals surface area contributed by atoms with Crippen LogP contribution >= 0.6 is 0 Å². The molecule has 0 saturated heterocycles. The van der Waals surface area contributed by atoms with Crippen molar-refractivity contribution in [3.8, 4) is 17.5 Å². The predicted molar refractivity (Wildman–Crippen MR) is 59.6 cm³/mol. The Morgan fingerprint density at radius 2 is 2.12 bits per heavy atom. The Balaban J connectivity index is 2.59. The fourth-order valence-corrected chi connectivity index (χ4v) is 1.57. The van der Waals surface area contributed by atoms with Crippen molar-refractivity contribution in [3.05, 3.63) is 41.7 Å². The van der Waals surface area contributed by atoms with E-state index in [2.05, 4.69) is 11.2 Å². The van der Waals surface area contributed by atoms with E-state index in [9.17, 15) is 0 Å². The van der Waals surface area contributed by atoms with Gasteiger partial charge in [0.05, 0.1) is 24.6 Å². The smallest absolute Gasteiger partial charge is 0.144 e. The maximum atomic E-state index is 8.87. The number of rotatable bonds is 2. The quantitative estimate of drug-likeness (QED) is 0.767. The number of benzene rings is 1. The summed E-state index contributed by atoms with van der Waals surface area (Å²) in [5, 5.41) is 13.1. The van der Waals surface area contributed by atoms with Gasteiger partial charge < -0.3 is 4.74 Å². The lowest BCUT2D eigenvalue weighted by molar-refractivity contribution is 0.411. The Hall–Kier alpha value is -2.28. The highest BCUT2D eigenvalue weighted by atomic mass is 16.5. The molecule has 2 rings (SSSR count). The van der Waals surface area contributed by atoms with E-state index < -0.39 is 0 Å². The average Bonchev–Trinajstić information content (AvgIpc) is 2.70. The number of nitriles is 1. The van der Waals surface area contributed by atoms with Crippen molar-refractivity contribution in [1.29, 1.82) is 5.26 Å². The van der Waals surface area contributed by atoms with Crippen LogP contribution in [-0.4, -0.2) is 16.9 Å². The van der Waals surface area contributed by atoms with Crippen LogP contribution in [0.1, 0.15) is 11.3 Å². The van der Waals surface area contributed by atoms with Crippen LogP contribution in [0.15, 0.2) is 30.5 Å². The highest BCUT2D eigenvalue weighted by Gasteiger charge is 2.10. The van der Waals surface area contributed by atoms with E-state index in [0.29, 0.717) is 5.56 Å². The fraction of sp³-hybridized carbons (Fsp3) is 0.167. The molecule has 1 heterocycles. The molecule has 0 spiro atoms. The number of aromatic nitrogens is 2. The normalized spacial score (nSPS) is 9.81. The molecule has 0 amide bonds. The summed E-state index contributed by atoms with van der Waals surface area (Å²) in [6, 6.07) is 9.67. The largest absolute Gasteiger partial charge is 0.494 e. The summed E-state index contributed by atoms with van der Waals surface area (Å²) in [5.74, 6) is 0.734. The van der Waals surface area contributed by atoms with E-state index in [1.807, 2.05) is 31.2 Å². The minimum absolute atomic E-state index is 0.575. The molecule has 0 saturated carbocycles. The molecule has 0 radical (unpaired) electrons. The predicted octanol–water partition coefficient (Wildman–Crippen LogP) is 2.06. The molecule has 4 nitrogen and oxygen atoms in total. The molecule has 0 aliphatic carbocycles. The van der Waals surface area contributed by atoms with E-state index in [-0.39, 0.29) is 0 Å². The molecule has 0 N–H and O–H groups in total. The van der Waals surface area contributed by atoms with Crippen molar-refractivity contribution in [2.75, 3.05) is 7.11 Å². The molecule has 4 heteroatoms. The number of nitrogens with zero attached hydrogens (tertiary/aromatic N) is 3. The van der Waals surface area contributed by atoms with Crippen LogP contribution < -0.4 is 4.74 Å². The summed E-state index contributed by atoms with van der Waals surface area (Å²) in [7, 11) is 1.61. The summed E-state index contributed by atoms with van der Waals surface area (Å²) in [6.07, 6.45) is 1.56. The number of methoxy groups -OCH3 is 1. The van der Waals surface area contributed by atoms with Gasteiger partial charge in [0, 0.05) is 0 Å². The first-order valence-corrected chi connectivity index (χ1v) is 4.86. The molecule has 0 fully saturated rings. The van der Waals surface area contributed by atoms with Crippen molar-refractivity contribution < 1.29 is 4.74 Å². The molecule has 0 unspecified atom stereocenters. The Morgan fingerprint density at radius 3 is 2.75 bits per heavy atom. The number of para-hydroxylation sites is 2. The monoisotopic (exact) mass is 213 g/mol. The molecule has 1 aromatic carbocycles. The molecular formula is C12H11N3O. The zero-order valence-electron chi connectivity index (χ0n) is 9.14. The molecule has 80 valence electrons. The molecule has 16 heavy (non-hydrogen) atoms. The molecule has 0 atom stereocenters. The van der Waals surface area contributed by atoms with Crippen molar-refractivity contribution in [2.24, 2.45) is 0 Å². The first-order valence-electron chi connectivity index (χ1n) is 4.86. The first kappa shape index (κ1) is 10.2. The Bertz CT molecular complexity index is 552. The van der Waals surface area contributed by atoms with E-state index in [0.717, 1.165) is 17.1 Å². The molecule has 1 aromatic heterocycles. The number of hydrogen-bond acceptors (Lipinski definition) is 3. The highest BCUT2D eigenvalue weighted by molar-refractivity contribution is 5.48. The van der Waals surface area contributed by atoms with Gasteiger partial charge in [0.25, 0.3) is 0 Å². The van der Waals surface area contributed by atoms with Crippen LogP contribution in [0.3, 0.4) is 0 Å². The van der Waals surface area contributed by atoms with Gasteiger partial charge in [0.1, 0.15) is 17.5 Å². The third-order valence-electron chi connectivity index (χ3n) is 2.44. The van der Waals surface area contributed by atoms with Gasteiger partial charge in [-0.25, -0.2) is 4.68 Å². The van der Waals surface area contributed by atoms with Gasteiger partial charge in [-0.05, 0) is 19.1 Å². The van der Waals surface area contributed by atoms with E-state index >= 15 is 0 Å². The van der Waals surface area contributed by atoms with Crippen LogP contribution in [0.2, 0.25) is 0 Å². The van der Waals surface area contributed by atoms with Gasteiger partial charge in [-0.15, -0.1) is 0 Å². The minimum atomic E-state index is 0.575. The van der Waals surface area contributed by atoms with Gasteiger partial charge in [0.15, 0.2) is 0 Å². The lowest BCUT2D eigenvalue weighted by Crippen LogP contribution is -2.01. The number of ether oxygens (including phenoxy) is 1. The summed E-state index contributed by atoms with van der Waals surface area (Å²) in [5.41, 5.74) is 2.22. The molecular weight excluding hydrogens is 202 g/mol. The summed E-state index contributed by atoms with van der Waals surface area (Å²) in [4.78, 5) is 0. The standard InChI is InChI=1S/C12H11N3O/c1-9-10(7-13)8-14-15(9)11-5-3-4-6-12(11)16-2/h3-6,8H,1-2H3. The van der Waals surface area contributed by atoms with Crippen molar-refractivity contribution in [3.63, 3.8) is 0 Å². The third-order valence-corrected chi connectivity index (χ3v) is 2.44. The van der Waals surface area contributed by atoms with E-state index in [1.54, 1.807) is 18.0 Å². The molecule has 0 bridgehead atoms. The van der Waals surface area contributed by atoms with Gasteiger partial charge in [-0.2, -0.15) is 10.4 Å².